The Labute approximate surface area is 524 Å². The maximum absolute atomic E-state index is 13.0. The van der Waals surface area contributed by atoms with Crippen LogP contribution in [0.3, 0.4) is 0 Å². The third-order valence-corrected chi connectivity index (χ3v) is 17.6. The molecule has 6 atom stereocenters. The summed E-state index contributed by atoms with van der Waals surface area (Å²) in [5, 5.41) is 10.5. The molecule has 0 aliphatic heterocycles. The van der Waals surface area contributed by atoms with Crippen LogP contribution in [-0.4, -0.2) is 96.7 Å². The van der Waals surface area contributed by atoms with Crippen LogP contribution in [0.4, 0.5) is 0 Å². The molecule has 17 nitrogen and oxygen atoms in total. The minimum Gasteiger partial charge on any atom is -0.462 e. The normalized spacial score (nSPS) is 14.6. The highest BCUT2D eigenvalue weighted by atomic mass is 31.2. The lowest BCUT2D eigenvalue weighted by Crippen LogP contribution is -2.30. The van der Waals surface area contributed by atoms with Gasteiger partial charge in [0.15, 0.2) is 12.2 Å². The SMILES string of the molecule is CCCCCCCC(=O)OC[C@H](COP(=O)(O)OC[C@H](O)COP(=O)(O)OC[C@@H](COC(=O)CCCCCCCCCCCCC(C)CC)OC(=O)CCCCCCCCCCCCCCC(C)C)OC(=O)CCCCCCCCCCCC(C)C. The van der Waals surface area contributed by atoms with Gasteiger partial charge in [0.1, 0.15) is 19.3 Å². The monoisotopic (exact) mass is 1270 g/mol. The Morgan fingerprint density at radius 3 is 0.884 bits per heavy atom. The van der Waals surface area contributed by atoms with Crippen molar-refractivity contribution in [1.82, 2.24) is 0 Å². The third-order valence-electron chi connectivity index (χ3n) is 15.7. The molecule has 0 rings (SSSR count). The molecule has 0 aliphatic carbocycles. The van der Waals surface area contributed by atoms with E-state index >= 15 is 0 Å². The molecule has 3 unspecified atom stereocenters. The molecule has 0 heterocycles. The number of ether oxygens (including phenoxy) is 4. The van der Waals surface area contributed by atoms with Gasteiger partial charge in [0.25, 0.3) is 0 Å². The standard InChI is InChI=1S/C67H130O17P2/c1-8-10-11-31-41-48-64(69)77-54-62(83-67(72)51-44-37-30-24-18-20-26-33-39-46-59(5)6)56-81-85(73,74)79-52-61(68)53-80-86(75,76)82-57-63(55-78-65(70)49-42-35-28-22-17-16-21-27-34-40-47-60(7)9-2)84-66(71)50-43-36-29-23-15-13-12-14-19-25-32-38-45-58(3)4/h58-63,68H,8-57H2,1-7H3,(H,73,74)(H,75,76)/t60?,61-,62+,63+/m0/s1. The van der Waals surface area contributed by atoms with Crippen LogP contribution in [-0.2, 0) is 65.4 Å². The molecule has 0 spiro atoms. The molecular weight excluding hydrogens is 1140 g/mol. The molecule has 0 radical (unpaired) electrons. The van der Waals surface area contributed by atoms with E-state index in [1.165, 1.54) is 135 Å². The number of esters is 4. The molecule has 0 fully saturated rings. The summed E-state index contributed by atoms with van der Waals surface area (Å²) >= 11 is 0. The summed E-state index contributed by atoms with van der Waals surface area (Å²) in [6.07, 6.45) is 40.6. The van der Waals surface area contributed by atoms with Crippen LogP contribution in [0.5, 0.6) is 0 Å². The van der Waals surface area contributed by atoms with Crippen LogP contribution < -0.4 is 0 Å². The van der Waals surface area contributed by atoms with Crippen molar-refractivity contribution in [2.75, 3.05) is 39.6 Å². The fraction of sp³-hybridized carbons (Fsp3) is 0.940. The highest BCUT2D eigenvalue weighted by molar-refractivity contribution is 7.47. The van der Waals surface area contributed by atoms with Crippen molar-refractivity contribution in [1.29, 1.82) is 0 Å². The zero-order chi connectivity index (χ0) is 63.8. The number of hydrogen-bond donors (Lipinski definition) is 3. The first kappa shape index (κ1) is 84.1. The molecule has 0 bridgehead atoms. The van der Waals surface area contributed by atoms with E-state index in [0.29, 0.717) is 25.7 Å². The van der Waals surface area contributed by atoms with E-state index < -0.39 is 97.5 Å². The smallest absolute Gasteiger partial charge is 0.462 e. The second kappa shape index (κ2) is 58.2. The van der Waals surface area contributed by atoms with Crippen molar-refractivity contribution >= 4 is 39.5 Å². The Bertz CT molecular complexity index is 1700. The molecule has 0 aromatic carbocycles. The third kappa shape index (κ3) is 59.7. The van der Waals surface area contributed by atoms with Gasteiger partial charge in [-0.15, -0.1) is 0 Å². The second-order valence-electron chi connectivity index (χ2n) is 25.4. The first-order valence-corrected chi connectivity index (χ1v) is 37.9. The summed E-state index contributed by atoms with van der Waals surface area (Å²) in [6.45, 7) is 11.8. The van der Waals surface area contributed by atoms with Crippen LogP contribution in [0, 0.1) is 17.8 Å². The number of hydrogen-bond acceptors (Lipinski definition) is 15. The number of carbonyl (C=O) groups excluding carboxylic acids is 4. The average molecular weight is 1270 g/mol. The van der Waals surface area contributed by atoms with E-state index in [-0.39, 0.29) is 25.7 Å². The van der Waals surface area contributed by atoms with Crippen LogP contribution >= 0.6 is 15.6 Å². The topological polar surface area (TPSA) is 237 Å². The van der Waals surface area contributed by atoms with Gasteiger partial charge in [0.05, 0.1) is 26.4 Å². The van der Waals surface area contributed by atoms with Crippen molar-refractivity contribution in [3.8, 4) is 0 Å². The lowest BCUT2D eigenvalue weighted by molar-refractivity contribution is -0.161. The summed E-state index contributed by atoms with van der Waals surface area (Å²) in [6, 6.07) is 0. The predicted molar refractivity (Wildman–Crippen MR) is 344 cm³/mol. The van der Waals surface area contributed by atoms with Gasteiger partial charge in [0, 0.05) is 25.7 Å². The van der Waals surface area contributed by atoms with Crippen molar-refractivity contribution in [2.24, 2.45) is 17.8 Å². The number of rotatable bonds is 65. The minimum atomic E-state index is -4.95. The number of unbranched alkanes of at least 4 members (excludes halogenated alkanes) is 32. The van der Waals surface area contributed by atoms with Crippen LogP contribution in [0.15, 0.2) is 0 Å². The zero-order valence-corrected chi connectivity index (χ0v) is 57.6. The molecule has 0 aromatic rings. The number of aliphatic hydroxyl groups excluding tert-OH is 1. The van der Waals surface area contributed by atoms with E-state index in [4.69, 9.17) is 37.0 Å². The van der Waals surface area contributed by atoms with Crippen LogP contribution in [0.25, 0.3) is 0 Å². The molecule has 0 saturated heterocycles. The molecule has 3 N–H and O–H groups in total. The first-order valence-electron chi connectivity index (χ1n) is 34.9. The fourth-order valence-electron chi connectivity index (χ4n) is 9.98. The Morgan fingerprint density at radius 2 is 0.593 bits per heavy atom. The number of aliphatic hydroxyl groups is 1. The maximum Gasteiger partial charge on any atom is 0.472 e. The number of phosphoric acid groups is 2. The summed E-state index contributed by atoms with van der Waals surface area (Å²) in [5.74, 6) is 0.182. The van der Waals surface area contributed by atoms with E-state index in [1.807, 2.05) is 0 Å². The van der Waals surface area contributed by atoms with Gasteiger partial charge in [-0.1, -0.05) is 280 Å². The Balaban J connectivity index is 5.18. The molecule has 0 amide bonds. The molecule has 510 valence electrons. The lowest BCUT2D eigenvalue weighted by atomic mass is 9.99. The molecular formula is C67H130O17P2. The van der Waals surface area contributed by atoms with Gasteiger partial charge in [-0.3, -0.25) is 37.3 Å². The van der Waals surface area contributed by atoms with Gasteiger partial charge in [-0.2, -0.15) is 0 Å². The maximum atomic E-state index is 13.0. The Hall–Kier alpha value is -1.94. The van der Waals surface area contributed by atoms with Crippen LogP contribution in [0.1, 0.15) is 331 Å². The number of carbonyl (C=O) groups is 4. The summed E-state index contributed by atoms with van der Waals surface area (Å²) < 4.78 is 68.0. The van der Waals surface area contributed by atoms with Gasteiger partial charge >= 0.3 is 39.5 Å². The van der Waals surface area contributed by atoms with E-state index in [0.717, 1.165) is 114 Å². The van der Waals surface area contributed by atoms with Crippen molar-refractivity contribution in [3.63, 3.8) is 0 Å². The van der Waals surface area contributed by atoms with Gasteiger partial charge in [-0.05, 0) is 43.4 Å². The van der Waals surface area contributed by atoms with Crippen molar-refractivity contribution in [2.45, 2.75) is 349 Å². The largest absolute Gasteiger partial charge is 0.472 e. The highest BCUT2D eigenvalue weighted by Crippen LogP contribution is 2.45. The molecule has 0 aromatic heterocycles. The van der Waals surface area contributed by atoms with E-state index in [1.54, 1.807) is 0 Å². The fourth-order valence-corrected chi connectivity index (χ4v) is 11.6. The summed E-state index contributed by atoms with van der Waals surface area (Å²) in [5.41, 5.74) is 0. The molecule has 19 heteroatoms. The Kier molecular flexibility index (Phi) is 56.9. The predicted octanol–water partition coefficient (Wildman–Crippen LogP) is 18.7. The van der Waals surface area contributed by atoms with Gasteiger partial charge in [-0.25, -0.2) is 9.13 Å². The highest BCUT2D eigenvalue weighted by Gasteiger charge is 2.30. The molecule has 0 saturated carbocycles. The average Bonchev–Trinajstić information content (AvgIpc) is 3.69. The van der Waals surface area contributed by atoms with Gasteiger partial charge < -0.3 is 33.8 Å². The quantitative estimate of drug-likeness (QED) is 0.0222. The van der Waals surface area contributed by atoms with Gasteiger partial charge in [0.2, 0.25) is 0 Å². The number of phosphoric ester groups is 2. The molecule has 0 aliphatic rings. The van der Waals surface area contributed by atoms with E-state index in [9.17, 15) is 43.2 Å². The summed E-state index contributed by atoms with van der Waals surface area (Å²) in [7, 11) is -9.89. The lowest BCUT2D eigenvalue weighted by Gasteiger charge is -2.21. The summed E-state index contributed by atoms with van der Waals surface area (Å²) in [4.78, 5) is 72.2. The molecule has 86 heavy (non-hydrogen) atoms. The van der Waals surface area contributed by atoms with Crippen molar-refractivity contribution in [3.05, 3.63) is 0 Å². The second-order valence-corrected chi connectivity index (χ2v) is 28.3. The zero-order valence-electron chi connectivity index (χ0n) is 55.8. The van der Waals surface area contributed by atoms with Crippen molar-refractivity contribution < 1.29 is 80.2 Å². The van der Waals surface area contributed by atoms with E-state index in [2.05, 4.69) is 48.5 Å². The first-order chi connectivity index (χ1) is 41.3. The minimum absolute atomic E-state index is 0.104. The Morgan fingerprint density at radius 1 is 0.337 bits per heavy atom. The van der Waals surface area contributed by atoms with Crippen LogP contribution in [0.2, 0.25) is 0 Å².